The van der Waals surface area contributed by atoms with Crippen molar-refractivity contribution in [2.45, 2.75) is 19.4 Å². The minimum atomic E-state index is -0.439. The van der Waals surface area contributed by atoms with E-state index in [1.54, 1.807) is 4.90 Å². The molecule has 1 aliphatic rings. The molecule has 1 fully saturated rings. The van der Waals surface area contributed by atoms with Crippen molar-refractivity contribution >= 4 is 11.6 Å². The molecular formula is C14H20FN3O. The SMILES string of the molecule is CN1CCN(C(=O)c2cc(F)ccc2N)CC1(C)C. The maximum atomic E-state index is 13.3. The van der Waals surface area contributed by atoms with Gasteiger partial charge < -0.3 is 10.6 Å². The number of nitrogens with two attached hydrogens (primary N) is 1. The molecule has 5 heteroatoms. The molecule has 4 nitrogen and oxygen atoms in total. The lowest BCUT2D eigenvalue weighted by Crippen LogP contribution is -2.58. The Morgan fingerprint density at radius 2 is 2.05 bits per heavy atom. The molecule has 1 aromatic rings. The first kappa shape index (κ1) is 13.8. The minimum absolute atomic E-state index is 0.0873. The number of anilines is 1. The van der Waals surface area contributed by atoms with Gasteiger partial charge in [-0.1, -0.05) is 0 Å². The maximum Gasteiger partial charge on any atom is 0.256 e. The number of nitrogens with zero attached hydrogens (tertiary/aromatic N) is 2. The fourth-order valence-corrected chi connectivity index (χ4v) is 2.30. The Hall–Kier alpha value is -1.62. The molecular weight excluding hydrogens is 245 g/mol. The molecule has 1 saturated heterocycles. The smallest absolute Gasteiger partial charge is 0.256 e. The van der Waals surface area contributed by atoms with Crippen molar-refractivity contribution < 1.29 is 9.18 Å². The van der Waals surface area contributed by atoms with Gasteiger partial charge in [-0.2, -0.15) is 0 Å². The number of amides is 1. The number of rotatable bonds is 1. The standard InChI is InChI=1S/C14H20FN3O/c1-14(2)9-18(7-6-17(14)3)13(19)11-8-10(15)4-5-12(11)16/h4-5,8H,6-7,9,16H2,1-3H3. The number of carbonyl (C=O) groups is 1. The van der Waals surface area contributed by atoms with Crippen molar-refractivity contribution in [3.05, 3.63) is 29.6 Å². The summed E-state index contributed by atoms with van der Waals surface area (Å²) in [7, 11) is 2.04. The highest BCUT2D eigenvalue weighted by Gasteiger charge is 2.33. The van der Waals surface area contributed by atoms with Crippen LogP contribution in [0.5, 0.6) is 0 Å². The lowest BCUT2D eigenvalue weighted by atomic mass is 9.99. The monoisotopic (exact) mass is 265 g/mol. The third-order valence-corrected chi connectivity index (χ3v) is 3.85. The molecule has 0 unspecified atom stereocenters. The topological polar surface area (TPSA) is 49.6 Å². The molecule has 2 rings (SSSR count). The first-order valence-electron chi connectivity index (χ1n) is 6.37. The normalized spacial score (nSPS) is 19.5. The van der Waals surface area contributed by atoms with Gasteiger partial charge in [0.2, 0.25) is 0 Å². The van der Waals surface area contributed by atoms with Gasteiger partial charge in [0, 0.05) is 30.9 Å². The summed E-state index contributed by atoms with van der Waals surface area (Å²) in [6.07, 6.45) is 0. The number of hydrogen-bond acceptors (Lipinski definition) is 3. The summed E-state index contributed by atoms with van der Waals surface area (Å²) in [5, 5.41) is 0. The molecule has 19 heavy (non-hydrogen) atoms. The van der Waals surface area contributed by atoms with Gasteiger partial charge in [0.05, 0.1) is 5.56 Å². The van der Waals surface area contributed by atoms with Gasteiger partial charge in [0.15, 0.2) is 0 Å². The zero-order valence-corrected chi connectivity index (χ0v) is 11.6. The van der Waals surface area contributed by atoms with Gasteiger partial charge in [0.1, 0.15) is 5.82 Å². The molecule has 0 aliphatic carbocycles. The van der Waals surface area contributed by atoms with Crippen molar-refractivity contribution in [1.82, 2.24) is 9.80 Å². The van der Waals surface area contributed by atoms with Gasteiger partial charge in [-0.25, -0.2) is 4.39 Å². The number of halogens is 1. The van der Waals surface area contributed by atoms with E-state index >= 15 is 0 Å². The predicted octanol–water partition coefficient (Wildman–Crippen LogP) is 1.57. The Kier molecular flexibility index (Phi) is 3.49. The van der Waals surface area contributed by atoms with Crippen molar-refractivity contribution in [2.75, 3.05) is 32.4 Å². The molecule has 0 atom stereocenters. The molecule has 1 amide bonds. The van der Waals surface area contributed by atoms with Crippen LogP contribution in [0.15, 0.2) is 18.2 Å². The number of hydrogen-bond donors (Lipinski definition) is 1. The molecule has 1 heterocycles. The van der Waals surface area contributed by atoms with Gasteiger partial charge in [-0.05, 0) is 39.1 Å². The first-order valence-corrected chi connectivity index (χ1v) is 6.37. The van der Waals surface area contributed by atoms with E-state index < -0.39 is 5.82 Å². The molecule has 0 bridgehead atoms. The maximum absolute atomic E-state index is 13.3. The second-order valence-corrected chi connectivity index (χ2v) is 5.69. The van der Waals surface area contributed by atoms with Crippen LogP contribution in [0.4, 0.5) is 10.1 Å². The summed E-state index contributed by atoms with van der Waals surface area (Å²) in [5.41, 5.74) is 6.25. The zero-order chi connectivity index (χ0) is 14.2. The second-order valence-electron chi connectivity index (χ2n) is 5.69. The van der Waals surface area contributed by atoms with Crippen molar-refractivity contribution in [1.29, 1.82) is 0 Å². The molecule has 0 radical (unpaired) electrons. The third kappa shape index (κ3) is 2.71. The molecule has 0 spiro atoms. The Morgan fingerprint density at radius 1 is 1.37 bits per heavy atom. The highest BCUT2D eigenvalue weighted by Crippen LogP contribution is 2.22. The molecule has 1 aliphatic heterocycles. The van der Waals surface area contributed by atoms with Crippen LogP contribution in [0.3, 0.4) is 0 Å². The van der Waals surface area contributed by atoms with E-state index in [1.165, 1.54) is 18.2 Å². The Bertz CT molecular complexity index is 501. The second kappa shape index (κ2) is 4.81. The Labute approximate surface area is 113 Å². The molecule has 1 aromatic carbocycles. The fourth-order valence-electron chi connectivity index (χ4n) is 2.30. The van der Waals surface area contributed by atoms with Gasteiger partial charge in [-0.3, -0.25) is 9.69 Å². The van der Waals surface area contributed by atoms with Crippen LogP contribution >= 0.6 is 0 Å². The van der Waals surface area contributed by atoms with E-state index in [0.29, 0.717) is 18.8 Å². The number of likely N-dealkylation sites (N-methyl/N-ethyl adjacent to an activating group) is 1. The summed E-state index contributed by atoms with van der Waals surface area (Å²) in [6, 6.07) is 3.91. The lowest BCUT2D eigenvalue weighted by Gasteiger charge is -2.45. The Morgan fingerprint density at radius 3 is 2.68 bits per heavy atom. The number of benzene rings is 1. The molecule has 0 aromatic heterocycles. The summed E-state index contributed by atoms with van der Waals surface area (Å²) in [6.45, 7) is 6.21. The van der Waals surface area contributed by atoms with Crippen LogP contribution in [-0.2, 0) is 0 Å². The largest absolute Gasteiger partial charge is 0.398 e. The highest BCUT2D eigenvalue weighted by molar-refractivity contribution is 5.99. The van der Waals surface area contributed by atoms with Crippen LogP contribution < -0.4 is 5.73 Å². The lowest BCUT2D eigenvalue weighted by molar-refractivity contribution is 0.0312. The van der Waals surface area contributed by atoms with Gasteiger partial charge in [-0.15, -0.1) is 0 Å². The van der Waals surface area contributed by atoms with Crippen LogP contribution in [0.1, 0.15) is 24.2 Å². The summed E-state index contributed by atoms with van der Waals surface area (Å²) < 4.78 is 13.3. The average molecular weight is 265 g/mol. The third-order valence-electron chi connectivity index (χ3n) is 3.85. The van der Waals surface area contributed by atoms with E-state index in [2.05, 4.69) is 18.7 Å². The quantitative estimate of drug-likeness (QED) is 0.784. The first-order chi connectivity index (χ1) is 8.81. The summed E-state index contributed by atoms with van der Waals surface area (Å²) >= 11 is 0. The van der Waals surface area contributed by atoms with E-state index in [9.17, 15) is 9.18 Å². The fraction of sp³-hybridized carbons (Fsp3) is 0.500. The van der Waals surface area contributed by atoms with Crippen LogP contribution in [0.25, 0.3) is 0 Å². The van der Waals surface area contributed by atoms with Crippen LogP contribution in [0.2, 0.25) is 0 Å². The van der Waals surface area contributed by atoms with Crippen LogP contribution in [-0.4, -0.2) is 47.9 Å². The molecule has 0 saturated carbocycles. The average Bonchev–Trinajstić information content (AvgIpc) is 2.35. The molecule has 2 N–H and O–H groups in total. The van der Waals surface area contributed by atoms with Crippen molar-refractivity contribution in [2.24, 2.45) is 0 Å². The van der Waals surface area contributed by atoms with Crippen molar-refractivity contribution in [3.63, 3.8) is 0 Å². The zero-order valence-electron chi connectivity index (χ0n) is 11.6. The predicted molar refractivity (Wildman–Crippen MR) is 73.4 cm³/mol. The Balaban J connectivity index is 2.23. The van der Waals surface area contributed by atoms with Gasteiger partial charge >= 0.3 is 0 Å². The number of nitrogen functional groups attached to an aromatic ring is 1. The van der Waals surface area contributed by atoms with E-state index in [1.807, 2.05) is 7.05 Å². The number of carbonyl (C=O) groups excluding carboxylic acids is 1. The van der Waals surface area contributed by atoms with E-state index in [4.69, 9.17) is 5.73 Å². The molecule has 104 valence electrons. The summed E-state index contributed by atoms with van der Waals surface area (Å²) in [4.78, 5) is 16.4. The van der Waals surface area contributed by atoms with E-state index in [0.717, 1.165) is 6.54 Å². The number of piperazine rings is 1. The minimum Gasteiger partial charge on any atom is -0.398 e. The van der Waals surface area contributed by atoms with Gasteiger partial charge in [0.25, 0.3) is 5.91 Å². The van der Waals surface area contributed by atoms with Crippen molar-refractivity contribution in [3.8, 4) is 0 Å². The van der Waals surface area contributed by atoms with E-state index in [-0.39, 0.29) is 17.0 Å². The van der Waals surface area contributed by atoms with Crippen LogP contribution in [0, 0.1) is 5.82 Å². The summed E-state index contributed by atoms with van der Waals surface area (Å²) in [5.74, 6) is -0.635. The highest BCUT2D eigenvalue weighted by atomic mass is 19.1.